The van der Waals surface area contributed by atoms with Crippen LogP contribution in [0.3, 0.4) is 0 Å². The summed E-state index contributed by atoms with van der Waals surface area (Å²) in [6, 6.07) is 11.6. The van der Waals surface area contributed by atoms with Gasteiger partial charge in [0.2, 0.25) is 15.9 Å². The summed E-state index contributed by atoms with van der Waals surface area (Å²) in [5.74, 6) is 0.0475. The molecular formula is C25H28N4O5S. The SMILES string of the molecule is Cc1ccc(S(=O)(=O)NCc2ccco2)cc1C(=O)N1CCC(C(=O)NCc2cccnc2)CC1. The summed E-state index contributed by atoms with van der Waals surface area (Å²) in [5.41, 5.74) is 1.96. The number of amides is 2. The first-order valence-electron chi connectivity index (χ1n) is 11.4. The lowest BCUT2D eigenvalue weighted by Gasteiger charge is -2.31. The Kier molecular flexibility index (Phi) is 7.62. The topological polar surface area (TPSA) is 122 Å². The highest BCUT2D eigenvalue weighted by atomic mass is 32.2. The van der Waals surface area contributed by atoms with Gasteiger partial charge in [-0.15, -0.1) is 0 Å². The molecule has 0 atom stereocenters. The van der Waals surface area contributed by atoms with Crippen LogP contribution in [0.4, 0.5) is 0 Å². The van der Waals surface area contributed by atoms with Gasteiger partial charge in [0.15, 0.2) is 0 Å². The third-order valence-electron chi connectivity index (χ3n) is 6.11. The van der Waals surface area contributed by atoms with E-state index >= 15 is 0 Å². The number of nitrogens with one attached hydrogen (secondary N) is 2. The van der Waals surface area contributed by atoms with Crippen LogP contribution in [-0.4, -0.2) is 43.2 Å². The van der Waals surface area contributed by atoms with E-state index in [0.717, 1.165) is 5.56 Å². The van der Waals surface area contributed by atoms with Gasteiger partial charge in [-0.05, 0) is 61.2 Å². The van der Waals surface area contributed by atoms with Crippen molar-refractivity contribution in [2.24, 2.45) is 5.92 Å². The molecule has 1 saturated heterocycles. The second-order valence-corrected chi connectivity index (χ2v) is 10.3. The number of piperidine rings is 1. The van der Waals surface area contributed by atoms with Gasteiger partial charge in [-0.3, -0.25) is 14.6 Å². The van der Waals surface area contributed by atoms with E-state index in [4.69, 9.17) is 4.42 Å². The largest absolute Gasteiger partial charge is 0.468 e. The van der Waals surface area contributed by atoms with Crippen molar-refractivity contribution in [2.45, 2.75) is 37.8 Å². The molecule has 184 valence electrons. The van der Waals surface area contributed by atoms with E-state index in [2.05, 4.69) is 15.0 Å². The minimum absolute atomic E-state index is 0.0164. The van der Waals surface area contributed by atoms with E-state index in [1.807, 2.05) is 12.1 Å². The number of benzene rings is 1. The minimum atomic E-state index is -3.83. The van der Waals surface area contributed by atoms with Gasteiger partial charge < -0.3 is 14.6 Å². The van der Waals surface area contributed by atoms with Crippen molar-refractivity contribution < 1.29 is 22.4 Å². The monoisotopic (exact) mass is 496 g/mol. The van der Waals surface area contributed by atoms with Crippen molar-refractivity contribution >= 4 is 21.8 Å². The molecule has 2 N–H and O–H groups in total. The van der Waals surface area contributed by atoms with Crippen LogP contribution >= 0.6 is 0 Å². The number of aromatic nitrogens is 1. The summed E-state index contributed by atoms with van der Waals surface area (Å²) in [5, 5.41) is 2.94. The number of sulfonamides is 1. The Morgan fingerprint density at radius 3 is 2.60 bits per heavy atom. The predicted octanol–water partition coefficient (Wildman–Crippen LogP) is 2.63. The number of aryl methyl sites for hydroxylation is 1. The molecule has 0 bridgehead atoms. The highest BCUT2D eigenvalue weighted by molar-refractivity contribution is 7.89. The normalized spacial score (nSPS) is 14.6. The van der Waals surface area contributed by atoms with Crippen LogP contribution in [0.5, 0.6) is 0 Å². The zero-order valence-electron chi connectivity index (χ0n) is 19.4. The molecule has 1 aliphatic heterocycles. The summed E-state index contributed by atoms with van der Waals surface area (Å²) < 4.78 is 33.2. The van der Waals surface area contributed by atoms with Crippen LogP contribution in [0.25, 0.3) is 0 Å². The Morgan fingerprint density at radius 1 is 1.11 bits per heavy atom. The Hall–Kier alpha value is -3.50. The fourth-order valence-electron chi connectivity index (χ4n) is 4.01. The van der Waals surface area contributed by atoms with Crippen LogP contribution < -0.4 is 10.0 Å². The van der Waals surface area contributed by atoms with Gasteiger partial charge in [0.1, 0.15) is 5.76 Å². The van der Waals surface area contributed by atoms with Crippen LogP contribution in [0.2, 0.25) is 0 Å². The molecule has 9 nitrogen and oxygen atoms in total. The van der Waals surface area contributed by atoms with E-state index in [-0.39, 0.29) is 29.2 Å². The Bertz CT molecular complexity index is 1270. The zero-order chi connectivity index (χ0) is 24.8. The molecule has 10 heteroatoms. The molecule has 0 unspecified atom stereocenters. The van der Waals surface area contributed by atoms with Gasteiger partial charge in [0, 0.05) is 43.5 Å². The summed E-state index contributed by atoms with van der Waals surface area (Å²) in [7, 11) is -3.83. The Labute approximate surface area is 204 Å². The first-order chi connectivity index (χ1) is 16.8. The number of hydrogen-bond acceptors (Lipinski definition) is 6. The highest BCUT2D eigenvalue weighted by Crippen LogP contribution is 2.23. The molecule has 1 aliphatic rings. The maximum Gasteiger partial charge on any atom is 0.254 e. The summed E-state index contributed by atoms with van der Waals surface area (Å²) >= 11 is 0. The minimum Gasteiger partial charge on any atom is -0.468 e. The number of carbonyl (C=O) groups is 2. The van der Waals surface area contributed by atoms with Crippen molar-refractivity contribution in [3.8, 4) is 0 Å². The first-order valence-corrected chi connectivity index (χ1v) is 12.9. The molecule has 2 aromatic heterocycles. The lowest BCUT2D eigenvalue weighted by molar-refractivity contribution is -0.126. The molecule has 1 aromatic carbocycles. The fourth-order valence-corrected chi connectivity index (χ4v) is 5.03. The van der Waals surface area contributed by atoms with Crippen molar-refractivity contribution in [1.29, 1.82) is 0 Å². The smallest absolute Gasteiger partial charge is 0.254 e. The molecule has 35 heavy (non-hydrogen) atoms. The number of pyridine rings is 1. The maximum atomic E-state index is 13.2. The molecule has 3 aromatic rings. The van der Waals surface area contributed by atoms with Crippen LogP contribution in [0.1, 0.15) is 40.1 Å². The van der Waals surface area contributed by atoms with Gasteiger partial charge in [-0.1, -0.05) is 12.1 Å². The van der Waals surface area contributed by atoms with E-state index in [0.29, 0.717) is 49.4 Å². The third-order valence-corrected chi connectivity index (χ3v) is 7.51. The molecular weight excluding hydrogens is 468 g/mol. The van der Waals surface area contributed by atoms with E-state index in [1.54, 1.807) is 42.4 Å². The quantitative estimate of drug-likeness (QED) is 0.495. The lowest BCUT2D eigenvalue weighted by Crippen LogP contribution is -2.43. The first kappa shape index (κ1) is 24.6. The van der Waals surface area contributed by atoms with Crippen LogP contribution in [-0.2, 0) is 27.9 Å². The average Bonchev–Trinajstić information content (AvgIpc) is 3.40. The van der Waals surface area contributed by atoms with Crippen LogP contribution in [0, 0.1) is 12.8 Å². The van der Waals surface area contributed by atoms with Crippen molar-refractivity contribution in [3.05, 3.63) is 83.6 Å². The molecule has 1 fully saturated rings. The number of nitrogens with zero attached hydrogens (tertiary/aromatic N) is 2. The van der Waals surface area contributed by atoms with Crippen LogP contribution in [0.15, 0.2) is 70.4 Å². The van der Waals surface area contributed by atoms with E-state index < -0.39 is 10.0 Å². The van der Waals surface area contributed by atoms with Gasteiger partial charge in [-0.2, -0.15) is 0 Å². The molecule has 0 aliphatic carbocycles. The van der Waals surface area contributed by atoms with Crippen molar-refractivity contribution in [3.63, 3.8) is 0 Å². The van der Waals surface area contributed by atoms with Crippen molar-refractivity contribution in [2.75, 3.05) is 13.1 Å². The Balaban J connectivity index is 1.36. The summed E-state index contributed by atoms with van der Waals surface area (Å²) in [6.07, 6.45) is 5.96. The van der Waals surface area contributed by atoms with Gasteiger partial charge in [0.25, 0.3) is 5.91 Å². The van der Waals surface area contributed by atoms with E-state index in [1.165, 1.54) is 18.4 Å². The number of rotatable bonds is 8. The van der Waals surface area contributed by atoms with Gasteiger partial charge >= 0.3 is 0 Å². The highest BCUT2D eigenvalue weighted by Gasteiger charge is 2.29. The lowest BCUT2D eigenvalue weighted by atomic mass is 9.95. The Morgan fingerprint density at radius 2 is 1.91 bits per heavy atom. The fraction of sp³-hybridized carbons (Fsp3) is 0.320. The average molecular weight is 497 g/mol. The zero-order valence-corrected chi connectivity index (χ0v) is 20.3. The second-order valence-electron chi connectivity index (χ2n) is 8.53. The number of hydrogen-bond donors (Lipinski definition) is 2. The van der Waals surface area contributed by atoms with Gasteiger partial charge in [-0.25, -0.2) is 13.1 Å². The molecule has 2 amide bonds. The predicted molar refractivity (Wildman–Crippen MR) is 129 cm³/mol. The van der Waals surface area contributed by atoms with E-state index in [9.17, 15) is 18.0 Å². The number of furan rings is 1. The molecule has 0 saturated carbocycles. The molecule has 4 rings (SSSR count). The third kappa shape index (κ3) is 6.14. The molecule has 3 heterocycles. The molecule has 0 radical (unpaired) electrons. The number of likely N-dealkylation sites (tertiary alicyclic amines) is 1. The second kappa shape index (κ2) is 10.8. The summed E-state index contributed by atoms with van der Waals surface area (Å²) in [4.78, 5) is 31.5. The number of carbonyl (C=O) groups excluding carboxylic acids is 2. The standard InChI is InChI=1S/C25H28N4O5S/c1-18-6-7-22(35(32,33)28-17-21-5-3-13-34-21)14-23(18)25(31)29-11-8-20(9-12-29)24(30)27-16-19-4-2-10-26-15-19/h2-7,10,13-15,20,28H,8-9,11-12,16-17H2,1H3,(H,27,30). The molecule has 0 spiro atoms. The van der Waals surface area contributed by atoms with Gasteiger partial charge in [0.05, 0.1) is 17.7 Å². The maximum absolute atomic E-state index is 13.2. The summed E-state index contributed by atoms with van der Waals surface area (Å²) in [6.45, 7) is 3.07. The van der Waals surface area contributed by atoms with Crippen molar-refractivity contribution in [1.82, 2.24) is 19.9 Å².